The fraction of sp³-hybridized carbons (Fsp3) is 0.100. The number of benzene rings is 2. The van der Waals surface area contributed by atoms with Crippen LogP contribution in [0.1, 0.15) is 21.5 Å². The average molecular weight is 370 g/mol. The molecule has 26 heavy (non-hydrogen) atoms. The van der Waals surface area contributed by atoms with Gasteiger partial charge in [0, 0.05) is 29.9 Å². The van der Waals surface area contributed by atoms with Crippen molar-refractivity contribution in [3.8, 4) is 0 Å². The van der Waals surface area contributed by atoms with Gasteiger partial charge in [0.25, 0.3) is 5.91 Å². The fourth-order valence-corrected chi connectivity index (χ4v) is 2.47. The first-order chi connectivity index (χ1) is 12.6. The van der Waals surface area contributed by atoms with E-state index in [9.17, 15) is 9.18 Å². The lowest BCUT2D eigenvalue weighted by Gasteiger charge is -2.08. The molecule has 2 N–H and O–H groups in total. The molecule has 0 bridgehead atoms. The molecule has 0 unspecified atom stereocenters. The first-order valence-corrected chi connectivity index (χ1v) is 8.45. The predicted molar refractivity (Wildman–Crippen MR) is 101 cm³/mol. The number of nitrogens with one attached hydrogen (secondary N) is 2. The molecule has 3 rings (SSSR count). The SMILES string of the molecule is O=C(NCc1ccc(Cl)cc1)c1ccc(NCc2ccccc2F)nc1. The van der Waals surface area contributed by atoms with Gasteiger partial charge in [-0.1, -0.05) is 41.9 Å². The minimum atomic E-state index is -0.266. The van der Waals surface area contributed by atoms with Gasteiger partial charge in [0.1, 0.15) is 11.6 Å². The maximum Gasteiger partial charge on any atom is 0.253 e. The molecule has 0 aliphatic carbocycles. The van der Waals surface area contributed by atoms with E-state index in [1.165, 1.54) is 12.3 Å². The summed E-state index contributed by atoms with van der Waals surface area (Å²) in [6.07, 6.45) is 1.49. The third kappa shape index (κ3) is 4.80. The van der Waals surface area contributed by atoms with Crippen LogP contribution in [0, 0.1) is 5.82 Å². The zero-order chi connectivity index (χ0) is 18.4. The van der Waals surface area contributed by atoms with E-state index in [1.807, 2.05) is 12.1 Å². The van der Waals surface area contributed by atoms with E-state index in [0.29, 0.717) is 35.1 Å². The van der Waals surface area contributed by atoms with Crippen LogP contribution in [0.2, 0.25) is 5.02 Å². The number of aromatic nitrogens is 1. The standard InChI is InChI=1S/C20H17ClFN3O/c21-17-8-5-14(6-9-17)11-25-20(26)16-7-10-19(24-13-16)23-12-15-3-1-2-4-18(15)22/h1-10,13H,11-12H2,(H,23,24)(H,25,26). The van der Waals surface area contributed by atoms with Crippen molar-refractivity contribution in [3.05, 3.63) is 94.4 Å². The zero-order valence-electron chi connectivity index (χ0n) is 13.9. The maximum absolute atomic E-state index is 13.6. The lowest BCUT2D eigenvalue weighted by molar-refractivity contribution is 0.0950. The van der Waals surface area contributed by atoms with E-state index in [-0.39, 0.29) is 11.7 Å². The number of carbonyl (C=O) groups is 1. The Balaban J connectivity index is 1.54. The summed E-state index contributed by atoms with van der Waals surface area (Å²) >= 11 is 5.84. The highest BCUT2D eigenvalue weighted by molar-refractivity contribution is 6.30. The Morgan fingerprint density at radius 3 is 2.46 bits per heavy atom. The summed E-state index contributed by atoms with van der Waals surface area (Å²) in [6.45, 7) is 0.727. The van der Waals surface area contributed by atoms with Gasteiger partial charge in [-0.05, 0) is 35.9 Å². The van der Waals surface area contributed by atoms with Gasteiger partial charge in [0.2, 0.25) is 0 Å². The Morgan fingerprint density at radius 1 is 1.00 bits per heavy atom. The molecule has 1 amide bonds. The lowest BCUT2D eigenvalue weighted by Crippen LogP contribution is -2.22. The van der Waals surface area contributed by atoms with Crippen molar-refractivity contribution >= 4 is 23.3 Å². The number of hydrogen-bond acceptors (Lipinski definition) is 3. The first-order valence-electron chi connectivity index (χ1n) is 8.08. The van der Waals surface area contributed by atoms with Crippen molar-refractivity contribution in [2.45, 2.75) is 13.1 Å². The first kappa shape index (κ1) is 17.9. The summed E-state index contributed by atoms with van der Waals surface area (Å²) in [6, 6.07) is 17.2. The maximum atomic E-state index is 13.6. The van der Waals surface area contributed by atoms with Crippen LogP contribution >= 0.6 is 11.6 Å². The normalized spacial score (nSPS) is 10.4. The molecule has 0 saturated heterocycles. The van der Waals surface area contributed by atoms with Crippen LogP contribution in [0.5, 0.6) is 0 Å². The van der Waals surface area contributed by atoms with Gasteiger partial charge in [0.15, 0.2) is 0 Å². The van der Waals surface area contributed by atoms with Crippen molar-refractivity contribution in [3.63, 3.8) is 0 Å². The smallest absolute Gasteiger partial charge is 0.253 e. The molecular formula is C20H17ClFN3O. The summed E-state index contributed by atoms with van der Waals surface area (Å²) in [7, 11) is 0. The molecule has 4 nitrogen and oxygen atoms in total. The largest absolute Gasteiger partial charge is 0.366 e. The number of anilines is 1. The van der Waals surface area contributed by atoms with E-state index < -0.39 is 0 Å². The van der Waals surface area contributed by atoms with Gasteiger partial charge >= 0.3 is 0 Å². The number of pyridine rings is 1. The average Bonchev–Trinajstić information content (AvgIpc) is 2.67. The van der Waals surface area contributed by atoms with Gasteiger partial charge in [-0.2, -0.15) is 0 Å². The second-order valence-corrected chi connectivity index (χ2v) is 6.12. The Bertz CT molecular complexity index is 882. The van der Waals surface area contributed by atoms with Gasteiger partial charge in [0.05, 0.1) is 5.56 Å². The number of hydrogen-bond donors (Lipinski definition) is 2. The van der Waals surface area contributed by atoms with Crippen molar-refractivity contribution in [2.24, 2.45) is 0 Å². The van der Waals surface area contributed by atoms with E-state index in [2.05, 4.69) is 15.6 Å². The van der Waals surface area contributed by atoms with Crippen LogP contribution in [0.4, 0.5) is 10.2 Å². The molecule has 0 fully saturated rings. The molecular weight excluding hydrogens is 353 g/mol. The summed E-state index contributed by atoms with van der Waals surface area (Å²) in [5, 5.41) is 6.52. The van der Waals surface area contributed by atoms with E-state index in [4.69, 9.17) is 11.6 Å². The number of rotatable bonds is 6. The zero-order valence-corrected chi connectivity index (χ0v) is 14.6. The van der Waals surface area contributed by atoms with Gasteiger partial charge in [-0.3, -0.25) is 4.79 Å². The van der Waals surface area contributed by atoms with Crippen molar-refractivity contribution in [2.75, 3.05) is 5.32 Å². The highest BCUT2D eigenvalue weighted by Crippen LogP contribution is 2.12. The molecule has 1 heterocycles. The number of nitrogens with zero attached hydrogens (tertiary/aromatic N) is 1. The monoisotopic (exact) mass is 369 g/mol. The summed E-state index contributed by atoms with van der Waals surface area (Å²) in [5.74, 6) is 0.0915. The highest BCUT2D eigenvalue weighted by atomic mass is 35.5. The second kappa shape index (κ2) is 8.45. The number of carbonyl (C=O) groups excluding carboxylic acids is 1. The number of halogens is 2. The van der Waals surface area contributed by atoms with E-state index >= 15 is 0 Å². The second-order valence-electron chi connectivity index (χ2n) is 5.69. The lowest BCUT2D eigenvalue weighted by atomic mass is 10.2. The van der Waals surface area contributed by atoms with Crippen molar-refractivity contribution < 1.29 is 9.18 Å². The minimum Gasteiger partial charge on any atom is -0.366 e. The van der Waals surface area contributed by atoms with Crippen LogP contribution in [0.3, 0.4) is 0 Å². The third-order valence-electron chi connectivity index (χ3n) is 3.81. The summed E-state index contributed by atoms with van der Waals surface area (Å²) in [5.41, 5.74) is 1.97. The molecule has 1 aromatic heterocycles. The molecule has 0 radical (unpaired) electrons. The topological polar surface area (TPSA) is 54.0 Å². The van der Waals surface area contributed by atoms with Gasteiger partial charge in [-0.15, -0.1) is 0 Å². The molecule has 132 valence electrons. The van der Waals surface area contributed by atoms with Crippen molar-refractivity contribution in [1.29, 1.82) is 0 Å². The van der Waals surface area contributed by atoms with Gasteiger partial charge in [-0.25, -0.2) is 9.37 Å². The molecule has 6 heteroatoms. The fourth-order valence-electron chi connectivity index (χ4n) is 2.35. The molecule has 0 aliphatic heterocycles. The summed E-state index contributed by atoms with van der Waals surface area (Å²) < 4.78 is 13.6. The van der Waals surface area contributed by atoms with Crippen LogP contribution in [0.25, 0.3) is 0 Å². The molecule has 2 aromatic carbocycles. The minimum absolute atomic E-state index is 0.215. The quantitative estimate of drug-likeness (QED) is 0.676. The van der Waals surface area contributed by atoms with Crippen LogP contribution in [-0.2, 0) is 13.1 Å². The highest BCUT2D eigenvalue weighted by Gasteiger charge is 2.07. The number of amides is 1. The van der Waals surface area contributed by atoms with Crippen LogP contribution < -0.4 is 10.6 Å². The Hall–Kier alpha value is -2.92. The third-order valence-corrected chi connectivity index (χ3v) is 4.06. The Morgan fingerprint density at radius 2 is 1.77 bits per heavy atom. The van der Waals surface area contributed by atoms with Gasteiger partial charge < -0.3 is 10.6 Å². The molecule has 0 saturated carbocycles. The molecule has 0 atom stereocenters. The summed E-state index contributed by atoms with van der Waals surface area (Å²) in [4.78, 5) is 16.4. The Kier molecular flexibility index (Phi) is 5.81. The van der Waals surface area contributed by atoms with Crippen LogP contribution in [-0.4, -0.2) is 10.9 Å². The molecule has 0 spiro atoms. The molecule has 3 aromatic rings. The predicted octanol–water partition coefficient (Wildman–Crippen LogP) is 4.42. The van der Waals surface area contributed by atoms with E-state index in [1.54, 1.807) is 42.5 Å². The molecule has 0 aliphatic rings. The van der Waals surface area contributed by atoms with Crippen molar-refractivity contribution in [1.82, 2.24) is 10.3 Å². The van der Waals surface area contributed by atoms with E-state index in [0.717, 1.165) is 5.56 Å². The van der Waals surface area contributed by atoms with Crippen LogP contribution in [0.15, 0.2) is 66.9 Å². The Labute approximate surface area is 156 Å².